The Morgan fingerprint density at radius 3 is 2.41 bits per heavy atom. The molecule has 4 fully saturated rings. The van der Waals surface area contributed by atoms with Crippen LogP contribution in [0.3, 0.4) is 0 Å². The molecule has 5 amide bonds. The summed E-state index contributed by atoms with van der Waals surface area (Å²) in [6.45, 7) is 7.92. The van der Waals surface area contributed by atoms with Gasteiger partial charge < -0.3 is 45.3 Å². The van der Waals surface area contributed by atoms with E-state index < -0.39 is 17.9 Å². The molecular weight excluding hydrogens is 785 g/mol. The van der Waals surface area contributed by atoms with E-state index in [9.17, 15) is 24.0 Å². The number of rotatable bonds is 13. The Morgan fingerprint density at radius 2 is 1.70 bits per heavy atom. The quantitative estimate of drug-likeness (QED) is 0.182. The van der Waals surface area contributed by atoms with E-state index >= 15 is 0 Å². The van der Waals surface area contributed by atoms with Gasteiger partial charge in [0.1, 0.15) is 17.5 Å². The molecule has 2 aromatic carbocycles. The molecule has 324 valence electrons. The number of carbonyl (C=O) groups is 5. The van der Waals surface area contributed by atoms with Gasteiger partial charge in [-0.25, -0.2) is 9.97 Å². The van der Waals surface area contributed by atoms with Gasteiger partial charge in [-0.2, -0.15) is 0 Å². The highest BCUT2D eigenvalue weighted by Gasteiger charge is 2.39. The van der Waals surface area contributed by atoms with Crippen molar-refractivity contribution in [1.82, 2.24) is 30.0 Å². The number of benzene rings is 2. The lowest BCUT2D eigenvalue weighted by Gasteiger charge is -2.43. The summed E-state index contributed by atoms with van der Waals surface area (Å²) in [7, 11) is 1.65. The number of anilines is 4. The number of carbonyl (C=O) groups excluding carboxylic acids is 5. The zero-order valence-corrected chi connectivity index (χ0v) is 34.7. The zero-order chi connectivity index (χ0) is 42.6. The van der Waals surface area contributed by atoms with Crippen LogP contribution in [0.15, 0.2) is 36.4 Å². The van der Waals surface area contributed by atoms with Gasteiger partial charge in [-0.3, -0.25) is 34.2 Å². The number of hydrogen-bond donors (Lipinski definition) is 4. The number of imide groups is 1. The van der Waals surface area contributed by atoms with Crippen LogP contribution in [-0.4, -0.2) is 139 Å². The summed E-state index contributed by atoms with van der Waals surface area (Å²) < 4.78 is 17.3. The van der Waals surface area contributed by atoms with Gasteiger partial charge in [0.15, 0.2) is 23.9 Å². The van der Waals surface area contributed by atoms with E-state index in [4.69, 9.17) is 24.9 Å². The maximum Gasteiger partial charge on any atom is 0.271 e. The molecule has 0 bridgehead atoms. The number of fused-ring (bicyclic) bond motifs is 1. The Morgan fingerprint density at radius 1 is 0.934 bits per heavy atom. The number of primary amides is 1. The third kappa shape index (κ3) is 9.19. The van der Waals surface area contributed by atoms with E-state index in [1.54, 1.807) is 25.3 Å². The van der Waals surface area contributed by atoms with Crippen LogP contribution in [-0.2, 0) is 32.1 Å². The number of ether oxygens (including phenoxy) is 3. The monoisotopic (exact) mass is 838 g/mol. The third-order valence-corrected chi connectivity index (χ3v) is 12.4. The van der Waals surface area contributed by atoms with Gasteiger partial charge in [-0.15, -0.1) is 0 Å². The van der Waals surface area contributed by atoms with Crippen molar-refractivity contribution in [3.8, 4) is 11.5 Å². The minimum atomic E-state index is -0.688. The highest BCUT2D eigenvalue weighted by molar-refractivity contribution is 6.05. The number of amides is 5. The Hall–Kier alpha value is -6.01. The number of aryl methyl sites for hydroxylation is 1. The smallest absolute Gasteiger partial charge is 0.271 e. The zero-order valence-electron chi connectivity index (χ0n) is 34.7. The van der Waals surface area contributed by atoms with Gasteiger partial charge in [0, 0.05) is 94.8 Å². The van der Waals surface area contributed by atoms with E-state index in [0.717, 1.165) is 63.1 Å². The van der Waals surface area contributed by atoms with E-state index in [-0.39, 0.29) is 54.8 Å². The van der Waals surface area contributed by atoms with Crippen LogP contribution in [0.4, 0.5) is 23.0 Å². The van der Waals surface area contributed by atoms with Crippen molar-refractivity contribution in [2.24, 2.45) is 5.73 Å². The minimum Gasteiger partial charge on any atom is -0.495 e. The summed E-state index contributed by atoms with van der Waals surface area (Å²) in [6, 6.07) is 10.9. The molecule has 1 atom stereocenters. The molecule has 18 nitrogen and oxygen atoms in total. The van der Waals surface area contributed by atoms with Crippen LogP contribution in [0.1, 0.15) is 77.6 Å². The molecule has 3 aromatic rings. The van der Waals surface area contributed by atoms with Crippen LogP contribution < -0.4 is 36.1 Å². The number of nitrogens with two attached hydrogens (primary N) is 1. The molecule has 61 heavy (non-hydrogen) atoms. The summed E-state index contributed by atoms with van der Waals surface area (Å²) in [5.41, 5.74) is 9.41. The molecular formula is C43H54N10O8. The van der Waals surface area contributed by atoms with Crippen LogP contribution in [0, 0.1) is 0 Å². The number of hydrogen-bond acceptors (Lipinski definition) is 14. The van der Waals surface area contributed by atoms with Crippen LogP contribution in [0.2, 0.25) is 0 Å². The molecule has 6 heterocycles. The van der Waals surface area contributed by atoms with E-state index in [1.807, 2.05) is 30.0 Å². The largest absolute Gasteiger partial charge is 0.495 e. The van der Waals surface area contributed by atoms with Crippen molar-refractivity contribution in [2.75, 3.05) is 81.7 Å². The predicted octanol–water partition coefficient (Wildman–Crippen LogP) is 2.43. The van der Waals surface area contributed by atoms with Crippen LogP contribution in [0.25, 0.3) is 0 Å². The molecule has 5 aliphatic rings. The fraction of sp³-hybridized carbons (Fsp3) is 0.512. The maximum atomic E-state index is 13.2. The van der Waals surface area contributed by atoms with Crippen molar-refractivity contribution >= 4 is 52.5 Å². The summed E-state index contributed by atoms with van der Waals surface area (Å²) >= 11 is 0. The minimum absolute atomic E-state index is 0.0791. The van der Waals surface area contributed by atoms with Crippen LogP contribution >= 0.6 is 0 Å². The second kappa shape index (κ2) is 18.3. The van der Waals surface area contributed by atoms with Crippen molar-refractivity contribution < 1.29 is 38.2 Å². The SMILES string of the molecule is CCc1nc(C(N)=O)c(Nc2ccc(N3CCC(N4CCN(C(=O)COc5ccc6c(c5)CN(C5CCC(=O)NC5=O)C6=O)CC4)CC3)c(OC)c2)nc1NC1CCOCC1. The number of methoxy groups -OCH3 is 1. The van der Waals surface area contributed by atoms with E-state index in [2.05, 4.69) is 30.7 Å². The lowest BCUT2D eigenvalue weighted by atomic mass is 10.0. The topological polar surface area (TPSA) is 214 Å². The molecule has 0 spiro atoms. The van der Waals surface area contributed by atoms with E-state index in [0.29, 0.717) is 79.4 Å². The first kappa shape index (κ1) is 41.7. The number of piperidine rings is 2. The Kier molecular flexibility index (Phi) is 12.5. The highest BCUT2D eigenvalue weighted by Crippen LogP contribution is 2.36. The Labute approximate surface area is 354 Å². The summed E-state index contributed by atoms with van der Waals surface area (Å²) in [6.07, 6.45) is 4.72. The molecule has 18 heteroatoms. The normalized spacial score (nSPS) is 20.3. The average molecular weight is 839 g/mol. The van der Waals surface area contributed by atoms with Crippen LogP contribution in [0.5, 0.6) is 11.5 Å². The molecule has 4 saturated heterocycles. The van der Waals surface area contributed by atoms with Gasteiger partial charge in [0.2, 0.25) is 11.8 Å². The second-order valence-electron chi connectivity index (χ2n) is 16.1. The van der Waals surface area contributed by atoms with Gasteiger partial charge in [-0.05, 0) is 74.4 Å². The molecule has 1 unspecified atom stereocenters. The number of nitrogens with zero attached hydrogens (tertiary/aromatic N) is 6. The number of aromatic nitrogens is 2. The molecule has 0 aliphatic carbocycles. The molecule has 5 N–H and O–H groups in total. The first-order valence-corrected chi connectivity index (χ1v) is 21.3. The van der Waals surface area contributed by atoms with Crippen molar-refractivity contribution in [1.29, 1.82) is 0 Å². The Balaban J connectivity index is 0.814. The van der Waals surface area contributed by atoms with Crippen molar-refractivity contribution in [3.05, 3.63) is 58.9 Å². The standard InChI is InChI=1S/C43H54N10O8/c1-3-32-40(45-27-12-20-60-21-13-27)49-41(38(47-32)39(44)56)46-28-4-7-33(35(23-28)59-2)51-14-10-29(11-15-51)50-16-18-52(19-17-50)37(55)25-61-30-5-6-31-26(22-30)24-53(43(31)58)34-8-9-36(54)48-42(34)57/h4-7,22-23,27,29,34H,3,8-21,24-25H2,1-2H3,(H2,44,56)(H2,45,46,49)(H,48,54,57). The lowest BCUT2D eigenvalue weighted by molar-refractivity contribution is -0.137. The average Bonchev–Trinajstić information content (AvgIpc) is 3.60. The summed E-state index contributed by atoms with van der Waals surface area (Å²) in [5, 5.41) is 9.10. The molecule has 0 radical (unpaired) electrons. The van der Waals surface area contributed by atoms with Crippen molar-refractivity contribution in [2.45, 2.75) is 76.5 Å². The fourth-order valence-electron chi connectivity index (χ4n) is 8.97. The predicted molar refractivity (Wildman–Crippen MR) is 225 cm³/mol. The third-order valence-electron chi connectivity index (χ3n) is 12.4. The maximum absolute atomic E-state index is 13.2. The molecule has 5 aliphatic heterocycles. The Bertz CT molecular complexity index is 2160. The fourth-order valence-corrected chi connectivity index (χ4v) is 8.97. The van der Waals surface area contributed by atoms with Gasteiger partial charge >= 0.3 is 0 Å². The van der Waals surface area contributed by atoms with Gasteiger partial charge in [-0.1, -0.05) is 6.92 Å². The van der Waals surface area contributed by atoms with E-state index in [1.165, 1.54) is 4.90 Å². The highest BCUT2D eigenvalue weighted by atomic mass is 16.5. The number of nitrogens with one attached hydrogen (secondary N) is 3. The first-order chi connectivity index (χ1) is 29.6. The summed E-state index contributed by atoms with van der Waals surface area (Å²) in [5.74, 6) is 0.302. The molecule has 8 rings (SSSR count). The van der Waals surface area contributed by atoms with Crippen molar-refractivity contribution in [3.63, 3.8) is 0 Å². The summed E-state index contributed by atoms with van der Waals surface area (Å²) in [4.78, 5) is 80.3. The second-order valence-corrected chi connectivity index (χ2v) is 16.1. The number of piperazine rings is 1. The lowest BCUT2D eigenvalue weighted by Crippen LogP contribution is -2.55. The van der Waals surface area contributed by atoms with Gasteiger partial charge in [0.05, 0.1) is 18.5 Å². The molecule has 1 aromatic heterocycles. The molecule has 0 saturated carbocycles. The first-order valence-electron chi connectivity index (χ1n) is 21.3. The van der Waals surface area contributed by atoms with Gasteiger partial charge in [0.25, 0.3) is 17.7 Å².